The number of carbonyl (C=O) groups is 1. The highest BCUT2D eigenvalue weighted by Crippen LogP contribution is 2.23. The van der Waals surface area contributed by atoms with E-state index in [-0.39, 0.29) is 11.9 Å². The number of rotatable bonds is 7. The van der Waals surface area contributed by atoms with Crippen molar-refractivity contribution < 1.29 is 9.53 Å². The molecule has 2 aliphatic heterocycles. The first-order chi connectivity index (χ1) is 14.3. The van der Waals surface area contributed by atoms with Crippen LogP contribution in [0, 0.1) is 11.8 Å². The van der Waals surface area contributed by atoms with Crippen LogP contribution >= 0.6 is 0 Å². The van der Waals surface area contributed by atoms with Gasteiger partial charge in [-0.2, -0.15) is 0 Å². The standard InChI is InChI=1S/C24H31N3O2/c28-24(26-23-18-29-17-22(23)14-19-6-10-25-11-7-19)15-20-8-12-27(13-9-20)16-21-4-2-1-3-5-21/h1-7,10-11,20,22-23H,8-9,12-18H2,(H,26,28)/t22-,23+/m1/s1. The Morgan fingerprint density at radius 3 is 2.55 bits per heavy atom. The van der Waals surface area contributed by atoms with Gasteiger partial charge in [-0.25, -0.2) is 0 Å². The summed E-state index contributed by atoms with van der Waals surface area (Å²) in [7, 11) is 0. The number of hydrogen-bond acceptors (Lipinski definition) is 4. The highest BCUT2D eigenvalue weighted by atomic mass is 16.5. The van der Waals surface area contributed by atoms with E-state index >= 15 is 0 Å². The van der Waals surface area contributed by atoms with Gasteiger partial charge in [0.15, 0.2) is 0 Å². The van der Waals surface area contributed by atoms with Gasteiger partial charge in [-0.15, -0.1) is 0 Å². The molecule has 0 radical (unpaired) electrons. The van der Waals surface area contributed by atoms with Gasteiger partial charge in [0.1, 0.15) is 0 Å². The van der Waals surface area contributed by atoms with Gasteiger partial charge in [0.05, 0.1) is 19.3 Å². The van der Waals surface area contributed by atoms with Crippen molar-refractivity contribution in [3.8, 4) is 0 Å². The molecule has 2 aliphatic rings. The van der Waals surface area contributed by atoms with E-state index in [0.29, 0.717) is 31.5 Å². The summed E-state index contributed by atoms with van der Waals surface area (Å²) in [5.41, 5.74) is 2.62. The number of hydrogen-bond donors (Lipinski definition) is 1. The number of benzene rings is 1. The van der Waals surface area contributed by atoms with Crippen LogP contribution in [0.5, 0.6) is 0 Å². The summed E-state index contributed by atoms with van der Waals surface area (Å²) in [6.45, 7) is 4.49. The smallest absolute Gasteiger partial charge is 0.220 e. The molecule has 1 aromatic carbocycles. The summed E-state index contributed by atoms with van der Waals surface area (Å²) in [5, 5.41) is 3.25. The van der Waals surface area contributed by atoms with Gasteiger partial charge in [-0.05, 0) is 61.5 Å². The van der Waals surface area contributed by atoms with Gasteiger partial charge in [-0.3, -0.25) is 14.7 Å². The topological polar surface area (TPSA) is 54.5 Å². The van der Waals surface area contributed by atoms with Crippen LogP contribution in [0.2, 0.25) is 0 Å². The molecule has 29 heavy (non-hydrogen) atoms. The predicted molar refractivity (Wildman–Crippen MR) is 113 cm³/mol. The zero-order valence-electron chi connectivity index (χ0n) is 17.0. The van der Waals surface area contributed by atoms with Gasteiger partial charge < -0.3 is 10.1 Å². The molecular weight excluding hydrogens is 362 g/mol. The molecule has 3 heterocycles. The average Bonchev–Trinajstić information content (AvgIpc) is 3.17. The van der Waals surface area contributed by atoms with Crippen molar-refractivity contribution in [3.05, 3.63) is 66.0 Å². The summed E-state index contributed by atoms with van der Waals surface area (Å²) in [6, 6.07) is 14.8. The van der Waals surface area contributed by atoms with Crippen LogP contribution in [-0.4, -0.2) is 48.1 Å². The molecule has 0 bridgehead atoms. The van der Waals surface area contributed by atoms with Crippen molar-refractivity contribution >= 4 is 5.91 Å². The first kappa shape index (κ1) is 20.0. The third-order valence-electron chi connectivity index (χ3n) is 6.22. The highest BCUT2D eigenvalue weighted by Gasteiger charge is 2.30. The third kappa shape index (κ3) is 5.87. The number of carbonyl (C=O) groups excluding carboxylic acids is 1. The van der Waals surface area contributed by atoms with Crippen molar-refractivity contribution in [1.29, 1.82) is 0 Å². The van der Waals surface area contributed by atoms with Gasteiger partial charge in [0.25, 0.3) is 0 Å². The number of likely N-dealkylation sites (tertiary alicyclic amines) is 1. The zero-order chi connectivity index (χ0) is 19.9. The van der Waals surface area contributed by atoms with E-state index in [2.05, 4.69) is 45.5 Å². The van der Waals surface area contributed by atoms with Crippen molar-refractivity contribution in [2.45, 2.75) is 38.3 Å². The fraction of sp³-hybridized carbons (Fsp3) is 0.500. The lowest BCUT2D eigenvalue weighted by Crippen LogP contribution is -2.42. The van der Waals surface area contributed by atoms with Gasteiger partial charge in [0.2, 0.25) is 5.91 Å². The molecule has 5 heteroatoms. The van der Waals surface area contributed by atoms with Gasteiger partial charge >= 0.3 is 0 Å². The Kier molecular flexibility index (Phi) is 6.91. The number of pyridine rings is 1. The molecule has 2 fully saturated rings. The molecule has 2 saturated heterocycles. The SMILES string of the molecule is O=C(CC1CCN(Cc2ccccc2)CC1)N[C@H]1COC[C@H]1Cc1ccncc1. The Morgan fingerprint density at radius 1 is 1.03 bits per heavy atom. The molecular formula is C24H31N3O2. The van der Waals surface area contributed by atoms with E-state index in [1.807, 2.05) is 24.5 Å². The van der Waals surface area contributed by atoms with Crippen molar-refractivity contribution in [2.24, 2.45) is 11.8 Å². The quantitative estimate of drug-likeness (QED) is 0.786. The molecule has 0 unspecified atom stereocenters. The Balaban J connectivity index is 1.20. The normalized spacial score (nSPS) is 23.2. The molecule has 5 nitrogen and oxygen atoms in total. The minimum atomic E-state index is 0.119. The van der Waals surface area contributed by atoms with Crippen molar-refractivity contribution in [3.63, 3.8) is 0 Å². The fourth-order valence-electron chi connectivity index (χ4n) is 4.50. The zero-order valence-corrected chi connectivity index (χ0v) is 17.0. The van der Waals surface area contributed by atoms with Crippen molar-refractivity contribution in [2.75, 3.05) is 26.3 Å². The molecule has 0 aliphatic carbocycles. The monoisotopic (exact) mass is 393 g/mol. The lowest BCUT2D eigenvalue weighted by atomic mass is 9.92. The second-order valence-corrected chi connectivity index (χ2v) is 8.44. The first-order valence-corrected chi connectivity index (χ1v) is 10.8. The Bertz CT molecular complexity index is 760. The largest absolute Gasteiger partial charge is 0.379 e. The van der Waals surface area contributed by atoms with Crippen LogP contribution in [0.15, 0.2) is 54.9 Å². The van der Waals surface area contributed by atoms with E-state index in [4.69, 9.17) is 4.74 Å². The molecule has 1 amide bonds. The van der Waals surface area contributed by atoms with E-state index in [9.17, 15) is 4.79 Å². The van der Waals surface area contributed by atoms with E-state index < -0.39 is 0 Å². The number of ether oxygens (including phenoxy) is 1. The molecule has 1 N–H and O–H groups in total. The minimum Gasteiger partial charge on any atom is -0.379 e. The molecule has 0 spiro atoms. The third-order valence-corrected chi connectivity index (χ3v) is 6.22. The number of nitrogens with one attached hydrogen (secondary N) is 1. The van der Waals surface area contributed by atoms with Gasteiger partial charge in [0, 0.05) is 31.3 Å². The summed E-state index contributed by atoms with van der Waals surface area (Å²) < 4.78 is 5.67. The molecule has 0 saturated carbocycles. The molecule has 2 atom stereocenters. The maximum Gasteiger partial charge on any atom is 0.220 e. The van der Waals surface area contributed by atoms with Crippen LogP contribution in [0.1, 0.15) is 30.4 Å². The number of piperidine rings is 1. The van der Waals surface area contributed by atoms with Gasteiger partial charge in [-0.1, -0.05) is 30.3 Å². The lowest BCUT2D eigenvalue weighted by molar-refractivity contribution is -0.123. The van der Waals surface area contributed by atoms with Crippen molar-refractivity contribution in [1.82, 2.24) is 15.2 Å². The summed E-state index contributed by atoms with van der Waals surface area (Å²) >= 11 is 0. The second kappa shape index (κ2) is 9.99. The van der Waals surface area contributed by atoms with Crippen LogP contribution in [-0.2, 0) is 22.5 Å². The number of amides is 1. The van der Waals surface area contributed by atoms with E-state index in [0.717, 1.165) is 38.9 Å². The van der Waals surface area contributed by atoms with Crippen LogP contribution in [0.4, 0.5) is 0 Å². The lowest BCUT2D eigenvalue weighted by Gasteiger charge is -2.32. The Hall–Kier alpha value is -2.24. The second-order valence-electron chi connectivity index (χ2n) is 8.44. The summed E-state index contributed by atoms with van der Waals surface area (Å²) in [5.74, 6) is 1.01. The average molecular weight is 394 g/mol. The van der Waals surface area contributed by atoms with Crippen LogP contribution in [0.3, 0.4) is 0 Å². The van der Waals surface area contributed by atoms with Crippen LogP contribution < -0.4 is 5.32 Å². The first-order valence-electron chi connectivity index (χ1n) is 10.8. The summed E-state index contributed by atoms with van der Waals surface area (Å²) in [6.07, 6.45) is 7.40. The number of aromatic nitrogens is 1. The highest BCUT2D eigenvalue weighted by molar-refractivity contribution is 5.76. The number of nitrogens with zero attached hydrogens (tertiary/aromatic N) is 2. The van der Waals surface area contributed by atoms with E-state index in [1.54, 1.807) is 0 Å². The molecule has 154 valence electrons. The summed E-state index contributed by atoms with van der Waals surface area (Å²) in [4.78, 5) is 19.2. The molecule has 2 aromatic rings. The predicted octanol–water partition coefficient (Wildman–Crippen LogP) is 3.06. The van der Waals surface area contributed by atoms with E-state index in [1.165, 1.54) is 11.1 Å². The Morgan fingerprint density at radius 2 is 1.79 bits per heavy atom. The minimum absolute atomic E-state index is 0.119. The fourth-order valence-corrected chi connectivity index (χ4v) is 4.50. The van der Waals surface area contributed by atoms with Crippen LogP contribution in [0.25, 0.3) is 0 Å². The molecule has 4 rings (SSSR count). The maximum atomic E-state index is 12.6. The molecule has 1 aromatic heterocycles. The Labute approximate surface area is 173 Å². The maximum absolute atomic E-state index is 12.6.